The Morgan fingerprint density at radius 1 is 1.08 bits per heavy atom. The summed E-state index contributed by atoms with van der Waals surface area (Å²) in [6.45, 7) is 7.39. The van der Waals surface area contributed by atoms with Crippen LogP contribution in [0.2, 0.25) is 0 Å². The highest BCUT2D eigenvalue weighted by Crippen LogP contribution is 2.28. The molecule has 1 saturated heterocycles. The lowest BCUT2D eigenvalue weighted by Gasteiger charge is -2.17. The molecule has 2 N–H and O–H groups in total. The number of pyridine rings is 1. The Morgan fingerprint density at radius 3 is 2.38 bits per heavy atom. The minimum absolute atomic E-state index is 0.0322. The van der Waals surface area contributed by atoms with Crippen LogP contribution in [-0.2, 0) is 4.74 Å². The van der Waals surface area contributed by atoms with Crippen molar-refractivity contribution >= 4 is 6.08 Å². The van der Waals surface area contributed by atoms with Gasteiger partial charge in [-0.25, -0.2) is 9.37 Å². The van der Waals surface area contributed by atoms with Gasteiger partial charge in [-0.1, -0.05) is 56.7 Å². The van der Waals surface area contributed by atoms with Gasteiger partial charge in [0.1, 0.15) is 17.3 Å². The van der Waals surface area contributed by atoms with Crippen molar-refractivity contribution in [1.29, 1.82) is 0 Å². The molecule has 0 aliphatic carbocycles. The second kappa shape index (κ2) is 12.8. The molecule has 1 unspecified atom stereocenters. The van der Waals surface area contributed by atoms with Gasteiger partial charge in [0.15, 0.2) is 0 Å². The summed E-state index contributed by atoms with van der Waals surface area (Å²) < 4.78 is 26.3. The summed E-state index contributed by atoms with van der Waals surface area (Å²) in [7, 11) is 0. The molecule has 0 saturated carbocycles. The highest BCUT2D eigenvalue weighted by molar-refractivity contribution is 5.70. The van der Waals surface area contributed by atoms with E-state index in [0.717, 1.165) is 65.1 Å². The van der Waals surface area contributed by atoms with Crippen LogP contribution in [-0.4, -0.2) is 42.1 Å². The van der Waals surface area contributed by atoms with Gasteiger partial charge < -0.3 is 19.9 Å². The quantitative estimate of drug-likeness (QED) is 0.311. The number of allylic oxidation sites excluding steroid dienone is 1. The van der Waals surface area contributed by atoms with Gasteiger partial charge in [0.05, 0.1) is 37.7 Å². The van der Waals surface area contributed by atoms with E-state index in [1.807, 2.05) is 61.5 Å². The Labute approximate surface area is 219 Å². The summed E-state index contributed by atoms with van der Waals surface area (Å²) in [6.07, 6.45) is 5.46. The molecule has 4 rings (SSSR count). The van der Waals surface area contributed by atoms with E-state index in [1.165, 1.54) is 0 Å². The number of nitrogens with one attached hydrogen (secondary N) is 1. The summed E-state index contributed by atoms with van der Waals surface area (Å²) in [5.41, 5.74) is 5.78. The third-order valence-corrected chi connectivity index (χ3v) is 6.53. The highest BCUT2D eigenvalue weighted by atomic mass is 19.1. The maximum absolute atomic E-state index is 15.0. The van der Waals surface area contributed by atoms with E-state index in [9.17, 15) is 5.11 Å². The summed E-state index contributed by atoms with van der Waals surface area (Å²) in [5.74, 6) is 0.527. The van der Waals surface area contributed by atoms with Gasteiger partial charge in [0.2, 0.25) is 0 Å². The first-order chi connectivity index (χ1) is 18.0. The molecule has 5 nitrogen and oxygen atoms in total. The zero-order chi connectivity index (χ0) is 26.2. The molecule has 0 amide bonds. The van der Waals surface area contributed by atoms with Crippen LogP contribution in [0.5, 0.6) is 5.75 Å². The lowest BCUT2D eigenvalue weighted by molar-refractivity contribution is 0.0582. The van der Waals surface area contributed by atoms with Crippen molar-refractivity contribution in [2.24, 2.45) is 0 Å². The SMILES string of the molecule is CCCOc1ccc(-c2ccc(-c3nc(/C=C(\CCC)N[C@@H]4COC(CO)C4)c(C)cc3F)cc2)cc1. The standard InChI is InChI=1S/C31H37FN2O3/c1-4-6-25(33-26-17-28(19-35)37-20-26)18-30-21(3)16-29(32)31(34-30)24-9-7-22(8-10-24)23-11-13-27(14-12-23)36-15-5-2/h7-14,16,18,26,28,33,35H,4-6,15,17,19-20H2,1-3H3/b25-18+/t26-,28?/m0/s1. The summed E-state index contributed by atoms with van der Waals surface area (Å²) in [5, 5.41) is 12.9. The number of hydrogen-bond donors (Lipinski definition) is 2. The van der Waals surface area contributed by atoms with E-state index >= 15 is 4.39 Å². The topological polar surface area (TPSA) is 63.6 Å². The Hall–Kier alpha value is -3.22. The van der Waals surface area contributed by atoms with E-state index in [2.05, 4.69) is 19.2 Å². The third kappa shape index (κ3) is 6.96. The fraction of sp³-hybridized carbons (Fsp3) is 0.387. The van der Waals surface area contributed by atoms with Gasteiger partial charge in [-0.15, -0.1) is 0 Å². The van der Waals surface area contributed by atoms with Crippen molar-refractivity contribution in [3.8, 4) is 28.1 Å². The predicted molar refractivity (Wildman–Crippen MR) is 147 cm³/mol. The number of aliphatic hydroxyl groups excluding tert-OH is 1. The molecular formula is C31H37FN2O3. The number of rotatable bonds is 11. The monoisotopic (exact) mass is 504 g/mol. The number of aryl methyl sites for hydroxylation is 1. The van der Waals surface area contributed by atoms with Crippen molar-refractivity contribution in [3.05, 3.63) is 77.4 Å². The summed E-state index contributed by atoms with van der Waals surface area (Å²) in [4.78, 5) is 4.73. The number of aliphatic hydroxyl groups is 1. The zero-order valence-electron chi connectivity index (χ0n) is 22.0. The van der Waals surface area contributed by atoms with Gasteiger partial charge in [-0.3, -0.25) is 0 Å². The minimum Gasteiger partial charge on any atom is -0.494 e. The first-order valence-corrected chi connectivity index (χ1v) is 13.2. The van der Waals surface area contributed by atoms with E-state index in [1.54, 1.807) is 6.07 Å². The maximum atomic E-state index is 15.0. The van der Waals surface area contributed by atoms with Crippen molar-refractivity contribution < 1.29 is 19.0 Å². The largest absolute Gasteiger partial charge is 0.494 e. The van der Waals surface area contributed by atoms with Crippen molar-refractivity contribution in [3.63, 3.8) is 0 Å². The Bertz CT molecular complexity index is 1190. The molecule has 2 heterocycles. The van der Waals surface area contributed by atoms with Crippen LogP contribution in [0.15, 0.2) is 60.3 Å². The number of nitrogens with zero attached hydrogens (tertiary/aromatic N) is 1. The summed E-state index contributed by atoms with van der Waals surface area (Å²) >= 11 is 0. The maximum Gasteiger partial charge on any atom is 0.149 e. The van der Waals surface area contributed by atoms with Gasteiger partial charge in [-0.2, -0.15) is 0 Å². The molecule has 196 valence electrons. The molecule has 1 aliphatic rings. The fourth-order valence-electron chi connectivity index (χ4n) is 4.54. The molecule has 1 aliphatic heterocycles. The van der Waals surface area contributed by atoms with Crippen LogP contribution in [0.25, 0.3) is 28.5 Å². The van der Waals surface area contributed by atoms with Crippen molar-refractivity contribution in [2.75, 3.05) is 19.8 Å². The molecule has 2 aromatic carbocycles. The van der Waals surface area contributed by atoms with E-state index in [-0.39, 0.29) is 24.6 Å². The third-order valence-electron chi connectivity index (χ3n) is 6.53. The first-order valence-electron chi connectivity index (χ1n) is 13.2. The number of benzene rings is 2. The summed E-state index contributed by atoms with van der Waals surface area (Å²) in [6, 6.07) is 17.6. The van der Waals surface area contributed by atoms with Gasteiger partial charge in [0.25, 0.3) is 0 Å². The van der Waals surface area contributed by atoms with Crippen LogP contribution in [0.3, 0.4) is 0 Å². The molecule has 1 aromatic heterocycles. The van der Waals surface area contributed by atoms with E-state index in [0.29, 0.717) is 18.9 Å². The lowest BCUT2D eigenvalue weighted by atomic mass is 10.0. The molecule has 0 spiro atoms. The Kier molecular flexibility index (Phi) is 9.31. The van der Waals surface area contributed by atoms with Gasteiger partial charge in [0, 0.05) is 11.3 Å². The normalized spacial score (nSPS) is 17.7. The number of hydrogen-bond acceptors (Lipinski definition) is 5. The Balaban J connectivity index is 1.55. The van der Waals surface area contributed by atoms with Crippen LogP contribution >= 0.6 is 0 Å². The minimum atomic E-state index is -0.334. The van der Waals surface area contributed by atoms with Crippen LogP contribution < -0.4 is 10.1 Å². The Morgan fingerprint density at radius 2 is 1.76 bits per heavy atom. The number of halogens is 1. The molecule has 0 bridgehead atoms. The average Bonchev–Trinajstić information content (AvgIpc) is 3.37. The molecule has 37 heavy (non-hydrogen) atoms. The van der Waals surface area contributed by atoms with E-state index < -0.39 is 0 Å². The second-order valence-electron chi connectivity index (χ2n) is 9.61. The van der Waals surface area contributed by atoms with Gasteiger partial charge >= 0.3 is 0 Å². The average molecular weight is 505 g/mol. The molecule has 0 radical (unpaired) electrons. The van der Waals surface area contributed by atoms with Crippen LogP contribution in [0.1, 0.15) is 50.8 Å². The van der Waals surface area contributed by atoms with Crippen molar-refractivity contribution in [1.82, 2.24) is 10.3 Å². The predicted octanol–water partition coefficient (Wildman–Crippen LogP) is 6.53. The zero-order valence-corrected chi connectivity index (χ0v) is 22.0. The highest BCUT2D eigenvalue weighted by Gasteiger charge is 2.25. The molecule has 6 heteroatoms. The molecule has 1 fully saturated rings. The van der Waals surface area contributed by atoms with Gasteiger partial charge in [-0.05, 0) is 67.2 Å². The number of aromatic nitrogens is 1. The first kappa shape index (κ1) is 26.8. The van der Waals surface area contributed by atoms with Crippen LogP contribution in [0, 0.1) is 12.7 Å². The molecule has 2 atom stereocenters. The lowest BCUT2D eigenvalue weighted by Crippen LogP contribution is -2.29. The molecular weight excluding hydrogens is 467 g/mol. The fourth-order valence-corrected chi connectivity index (χ4v) is 4.54. The van der Waals surface area contributed by atoms with Crippen molar-refractivity contribution in [2.45, 2.75) is 58.6 Å². The van der Waals surface area contributed by atoms with E-state index in [4.69, 9.17) is 14.5 Å². The van der Waals surface area contributed by atoms with Crippen LogP contribution in [0.4, 0.5) is 4.39 Å². The number of ether oxygens (including phenoxy) is 2. The molecule has 3 aromatic rings. The smallest absolute Gasteiger partial charge is 0.149 e. The second-order valence-corrected chi connectivity index (χ2v) is 9.61.